The van der Waals surface area contributed by atoms with Gasteiger partial charge in [-0.2, -0.15) is 0 Å². The van der Waals surface area contributed by atoms with E-state index in [-0.39, 0.29) is 11.8 Å². The quantitative estimate of drug-likeness (QED) is 0.527. The Kier molecular flexibility index (Phi) is 5.21. The minimum absolute atomic E-state index is 0.199. The second-order valence-electron chi connectivity index (χ2n) is 9.36. The molecule has 1 amide bonds. The first kappa shape index (κ1) is 20.1. The lowest BCUT2D eigenvalue weighted by molar-refractivity contribution is -0.122. The van der Waals surface area contributed by atoms with Crippen molar-refractivity contribution in [2.45, 2.75) is 64.3 Å². The van der Waals surface area contributed by atoms with Crippen LogP contribution in [0.1, 0.15) is 68.1 Å². The van der Waals surface area contributed by atoms with Crippen LogP contribution in [0.5, 0.6) is 0 Å². The molecule has 1 aliphatic carbocycles. The third-order valence-electron chi connectivity index (χ3n) is 7.50. The zero-order valence-electron chi connectivity index (χ0n) is 18.5. The summed E-state index contributed by atoms with van der Waals surface area (Å²) in [5.74, 6) is 0.166. The van der Waals surface area contributed by atoms with Crippen LogP contribution >= 0.6 is 0 Å². The van der Waals surface area contributed by atoms with E-state index in [1.165, 1.54) is 71.0 Å². The molecule has 0 spiro atoms. The van der Waals surface area contributed by atoms with Gasteiger partial charge in [-0.1, -0.05) is 69.2 Å². The average molecular weight is 413 g/mol. The van der Waals surface area contributed by atoms with Gasteiger partial charge in [-0.15, -0.1) is 0 Å². The van der Waals surface area contributed by atoms with Crippen LogP contribution in [0.2, 0.25) is 0 Å². The summed E-state index contributed by atoms with van der Waals surface area (Å²) >= 11 is 0. The third kappa shape index (κ3) is 3.40. The molecule has 1 unspecified atom stereocenters. The molecule has 1 fully saturated rings. The van der Waals surface area contributed by atoms with Crippen molar-refractivity contribution in [3.63, 3.8) is 0 Å². The molecular weight excluding hydrogens is 380 g/mol. The summed E-state index contributed by atoms with van der Waals surface area (Å²) in [4.78, 5) is 12.4. The number of carbonyl (C=O) groups excluding carboxylic acids is 1. The number of nitrogens with zero attached hydrogens (tertiary/aromatic N) is 1. The fourth-order valence-corrected chi connectivity index (χ4v) is 5.76. The van der Waals surface area contributed by atoms with E-state index in [1.54, 1.807) is 0 Å². The highest BCUT2D eigenvalue weighted by molar-refractivity contribution is 5.95. The standard InChI is InChI=1S/C28H32N2O/c1-3-18(2)20-13-14-24-25(16-20)30-17-22(28(29)31)15-21-11-7-8-12-23(21)27(30)26(24)19-9-5-4-6-10-19/h7-8,11-14,16,19,22H,2-6,9-10,15,17H2,1H3,(H2,29,31). The Morgan fingerprint density at radius 2 is 1.90 bits per heavy atom. The summed E-state index contributed by atoms with van der Waals surface area (Å²) in [5.41, 5.74) is 14.8. The van der Waals surface area contributed by atoms with E-state index in [4.69, 9.17) is 5.73 Å². The maximum absolute atomic E-state index is 12.4. The Labute approximate surface area is 184 Å². The van der Waals surface area contributed by atoms with Gasteiger partial charge in [0, 0.05) is 23.0 Å². The lowest BCUT2D eigenvalue weighted by atomic mass is 9.81. The molecule has 0 bridgehead atoms. The van der Waals surface area contributed by atoms with Gasteiger partial charge in [-0.05, 0) is 59.9 Å². The maximum atomic E-state index is 12.4. The van der Waals surface area contributed by atoms with E-state index in [9.17, 15) is 4.79 Å². The first-order chi connectivity index (χ1) is 15.1. The Hall–Kier alpha value is -2.81. The fraction of sp³-hybridized carbons (Fsp3) is 0.393. The molecule has 1 atom stereocenters. The van der Waals surface area contributed by atoms with Crippen LogP contribution in [0, 0.1) is 5.92 Å². The van der Waals surface area contributed by atoms with Crippen LogP contribution in [0.15, 0.2) is 49.0 Å². The van der Waals surface area contributed by atoms with Gasteiger partial charge < -0.3 is 10.3 Å². The number of nitrogens with two attached hydrogens (primary N) is 1. The van der Waals surface area contributed by atoms with Gasteiger partial charge >= 0.3 is 0 Å². The number of allylic oxidation sites excluding steroid dienone is 1. The van der Waals surface area contributed by atoms with Crippen LogP contribution in [0.25, 0.3) is 27.7 Å². The normalized spacial score (nSPS) is 18.9. The van der Waals surface area contributed by atoms with Crippen LogP contribution in [-0.4, -0.2) is 10.5 Å². The smallest absolute Gasteiger partial charge is 0.222 e. The number of aromatic nitrogens is 1. The number of rotatable bonds is 4. The molecule has 3 aromatic rings. The third-order valence-corrected chi connectivity index (χ3v) is 7.50. The molecule has 0 radical (unpaired) electrons. The highest BCUT2D eigenvalue weighted by Crippen LogP contribution is 2.46. The van der Waals surface area contributed by atoms with Gasteiger partial charge in [0.1, 0.15) is 0 Å². The van der Waals surface area contributed by atoms with Crippen molar-refractivity contribution >= 4 is 22.4 Å². The van der Waals surface area contributed by atoms with Crippen molar-refractivity contribution in [2.24, 2.45) is 11.7 Å². The van der Waals surface area contributed by atoms with E-state index in [2.05, 4.69) is 60.5 Å². The molecule has 3 nitrogen and oxygen atoms in total. The Balaban J connectivity index is 1.83. The fourth-order valence-electron chi connectivity index (χ4n) is 5.76. The minimum Gasteiger partial charge on any atom is -0.369 e. The van der Waals surface area contributed by atoms with E-state index >= 15 is 0 Å². The predicted octanol–water partition coefficient (Wildman–Crippen LogP) is 6.44. The number of carbonyl (C=O) groups is 1. The Morgan fingerprint density at radius 1 is 1.13 bits per heavy atom. The first-order valence-corrected chi connectivity index (χ1v) is 11.8. The second-order valence-corrected chi connectivity index (χ2v) is 9.36. The molecule has 2 heterocycles. The van der Waals surface area contributed by atoms with E-state index in [0.29, 0.717) is 18.9 Å². The molecule has 1 saturated carbocycles. The summed E-state index contributed by atoms with van der Waals surface area (Å²) in [7, 11) is 0. The summed E-state index contributed by atoms with van der Waals surface area (Å²) in [6.45, 7) is 7.07. The summed E-state index contributed by atoms with van der Waals surface area (Å²) < 4.78 is 2.41. The Bertz CT molecular complexity index is 1160. The SMILES string of the molecule is C=C(CC)c1ccc2c(C3CCCCC3)c3n(c2c1)CC(C(N)=O)Cc1ccccc1-3. The molecule has 2 aromatic carbocycles. The van der Waals surface area contributed by atoms with Crippen molar-refractivity contribution in [1.29, 1.82) is 0 Å². The van der Waals surface area contributed by atoms with Crippen molar-refractivity contribution in [1.82, 2.24) is 4.57 Å². The van der Waals surface area contributed by atoms with Crippen LogP contribution < -0.4 is 5.73 Å². The number of hydrogen-bond donors (Lipinski definition) is 1. The highest BCUT2D eigenvalue weighted by atomic mass is 16.1. The predicted molar refractivity (Wildman–Crippen MR) is 129 cm³/mol. The van der Waals surface area contributed by atoms with E-state index < -0.39 is 0 Å². The lowest BCUT2D eigenvalue weighted by Gasteiger charge is -2.24. The molecule has 2 aliphatic rings. The van der Waals surface area contributed by atoms with Crippen molar-refractivity contribution in [3.8, 4) is 11.3 Å². The number of fused-ring (bicyclic) bond motifs is 5. The van der Waals surface area contributed by atoms with Crippen LogP contribution in [0.3, 0.4) is 0 Å². The van der Waals surface area contributed by atoms with Crippen molar-refractivity contribution < 1.29 is 4.79 Å². The monoisotopic (exact) mass is 412 g/mol. The van der Waals surface area contributed by atoms with Gasteiger partial charge in [0.15, 0.2) is 0 Å². The molecular formula is C28H32N2O. The molecule has 31 heavy (non-hydrogen) atoms. The van der Waals surface area contributed by atoms with Crippen LogP contribution in [-0.2, 0) is 17.8 Å². The molecule has 2 N–H and O–H groups in total. The highest BCUT2D eigenvalue weighted by Gasteiger charge is 2.32. The van der Waals surface area contributed by atoms with Crippen molar-refractivity contribution in [2.75, 3.05) is 0 Å². The van der Waals surface area contributed by atoms with Gasteiger partial charge in [-0.3, -0.25) is 4.79 Å². The molecule has 3 heteroatoms. The van der Waals surface area contributed by atoms with Crippen molar-refractivity contribution in [3.05, 3.63) is 65.7 Å². The number of benzene rings is 2. The van der Waals surface area contributed by atoms with Crippen LogP contribution in [0.4, 0.5) is 0 Å². The first-order valence-electron chi connectivity index (χ1n) is 11.8. The molecule has 1 aromatic heterocycles. The average Bonchev–Trinajstić information content (AvgIpc) is 3.01. The lowest BCUT2D eigenvalue weighted by Crippen LogP contribution is -2.28. The summed E-state index contributed by atoms with van der Waals surface area (Å²) in [6, 6.07) is 15.5. The summed E-state index contributed by atoms with van der Waals surface area (Å²) in [5, 5.41) is 1.34. The number of amides is 1. The van der Waals surface area contributed by atoms with E-state index in [1.807, 2.05) is 0 Å². The molecule has 160 valence electrons. The Morgan fingerprint density at radius 3 is 2.65 bits per heavy atom. The van der Waals surface area contributed by atoms with Gasteiger partial charge in [0.05, 0.1) is 11.6 Å². The topological polar surface area (TPSA) is 48.0 Å². The molecule has 1 aliphatic heterocycles. The second kappa shape index (κ2) is 8.03. The molecule has 0 saturated heterocycles. The zero-order chi connectivity index (χ0) is 21.5. The zero-order valence-corrected chi connectivity index (χ0v) is 18.5. The summed E-state index contributed by atoms with van der Waals surface area (Å²) in [6.07, 6.45) is 8.07. The van der Waals surface area contributed by atoms with Gasteiger partial charge in [0.2, 0.25) is 5.91 Å². The maximum Gasteiger partial charge on any atom is 0.222 e. The van der Waals surface area contributed by atoms with E-state index in [0.717, 1.165) is 12.0 Å². The van der Waals surface area contributed by atoms with Gasteiger partial charge in [0.25, 0.3) is 0 Å². The minimum atomic E-state index is -0.210. The van der Waals surface area contributed by atoms with Gasteiger partial charge in [-0.25, -0.2) is 0 Å². The molecule has 5 rings (SSSR count). The largest absolute Gasteiger partial charge is 0.369 e. The number of primary amides is 1. The number of hydrogen-bond acceptors (Lipinski definition) is 1.